The summed E-state index contributed by atoms with van der Waals surface area (Å²) < 4.78 is 42.0. The van der Waals surface area contributed by atoms with Gasteiger partial charge in [0.1, 0.15) is 17.9 Å². The number of alkyl halides is 3. The van der Waals surface area contributed by atoms with Gasteiger partial charge in [0, 0.05) is 43.3 Å². The molecule has 1 aromatic heterocycles. The van der Waals surface area contributed by atoms with Crippen LogP contribution in [0.2, 0.25) is 0 Å². The second kappa shape index (κ2) is 10.00. The lowest BCUT2D eigenvalue weighted by atomic mass is 9.88. The van der Waals surface area contributed by atoms with E-state index >= 15 is 0 Å². The van der Waals surface area contributed by atoms with Gasteiger partial charge in [-0.05, 0) is 56.7 Å². The van der Waals surface area contributed by atoms with Gasteiger partial charge in [0.2, 0.25) is 5.91 Å². The van der Waals surface area contributed by atoms with Gasteiger partial charge in [-0.3, -0.25) is 4.79 Å². The van der Waals surface area contributed by atoms with Gasteiger partial charge in [0.05, 0.1) is 17.7 Å². The minimum atomic E-state index is -4.77. The van der Waals surface area contributed by atoms with Crippen molar-refractivity contribution in [1.29, 1.82) is 0 Å². The lowest BCUT2D eigenvalue weighted by Gasteiger charge is -2.39. The predicted octanol–water partition coefficient (Wildman–Crippen LogP) is 3.88. The number of benzene rings is 1. The molecule has 0 bridgehead atoms. The molecule has 1 aliphatic carbocycles. The van der Waals surface area contributed by atoms with Gasteiger partial charge < -0.3 is 25.0 Å². The van der Waals surface area contributed by atoms with Gasteiger partial charge in [-0.25, -0.2) is 9.97 Å². The number of amides is 1. The van der Waals surface area contributed by atoms with Crippen LogP contribution in [0.4, 0.5) is 19.0 Å². The molecule has 2 unspecified atom stereocenters. The first-order chi connectivity index (χ1) is 17.9. The SMILES string of the molecule is C[C@@H]1C[C@@H](O)c2ncnc(N3CCN(C(=O)C(c4ccc(OC(F)(F)F)cc4)C4CCC(C)(C)N4)CC3)c21. The highest BCUT2D eigenvalue weighted by molar-refractivity contribution is 5.85. The van der Waals surface area contributed by atoms with E-state index in [1.165, 1.54) is 18.5 Å². The number of nitrogens with one attached hydrogen (secondary N) is 1. The Morgan fingerprint density at radius 3 is 2.45 bits per heavy atom. The smallest absolute Gasteiger partial charge is 0.406 e. The fraction of sp³-hybridized carbons (Fsp3) is 0.593. The van der Waals surface area contributed by atoms with Crippen molar-refractivity contribution in [1.82, 2.24) is 20.2 Å². The second-order valence-corrected chi connectivity index (χ2v) is 11.2. The Labute approximate surface area is 220 Å². The molecular formula is C27H34F3N5O3. The van der Waals surface area contributed by atoms with E-state index in [9.17, 15) is 23.1 Å². The van der Waals surface area contributed by atoms with E-state index < -0.39 is 18.4 Å². The van der Waals surface area contributed by atoms with E-state index in [0.717, 1.165) is 24.2 Å². The number of fused-ring (bicyclic) bond motifs is 1. The summed E-state index contributed by atoms with van der Waals surface area (Å²) in [6.07, 6.45) is -1.55. The van der Waals surface area contributed by atoms with Crippen LogP contribution < -0.4 is 15.0 Å². The number of aliphatic hydroxyl groups is 1. The Bertz CT molecular complexity index is 1170. The predicted molar refractivity (Wildman–Crippen MR) is 135 cm³/mol. The summed E-state index contributed by atoms with van der Waals surface area (Å²) in [6, 6.07) is 5.53. The van der Waals surface area contributed by atoms with Crippen LogP contribution in [-0.2, 0) is 4.79 Å². The fourth-order valence-electron chi connectivity index (χ4n) is 6.13. The molecule has 2 aliphatic heterocycles. The number of carbonyl (C=O) groups is 1. The maximum Gasteiger partial charge on any atom is 0.573 e. The van der Waals surface area contributed by atoms with Crippen LogP contribution in [0.25, 0.3) is 0 Å². The topological polar surface area (TPSA) is 90.8 Å². The molecule has 8 nitrogen and oxygen atoms in total. The normalized spacial score (nSPS) is 25.8. The molecule has 206 valence electrons. The van der Waals surface area contributed by atoms with Crippen LogP contribution in [0.15, 0.2) is 30.6 Å². The molecule has 11 heteroatoms. The fourth-order valence-corrected chi connectivity index (χ4v) is 6.13. The molecule has 2 fully saturated rings. The van der Waals surface area contributed by atoms with Crippen molar-refractivity contribution < 1.29 is 27.8 Å². The number of aliphatic hydroxyl groups excluding tert-OH is 1. The van der Waals surface area contributed by atoms with Gasteiger partial charge in [0.25, 0.3) is 0 Å². The zero-order valence-electron chi connectivity index (χ0n) is 21.8. The van der Waals surface area contributed by atoms with Crippen LogP contribution in [0.5, 0.6) is 5.75 Å². The molecule has 0 saturated carbocycles. The molecule has 2 N–H and O–H groups in total. The number of hydrogen-bond donors (Lipinski definition) is 2. The molecule has 2 aromatic rings. The molecule has 4 atom stereocenters. The van der Waals surface area contributed by atoms with Gasteiger partial charge >= 0.3 is 6.36 Å². The summed E-state index contributed by atoms with van der Waals surface area (Å²) in [7, 11) is 0. The first-order valence-electron chi connectivity index (χ1n) is 13.1. The second-order valence-electron chi connectivity index (χ2n) is 11.2. The van der Waals surface area contributed by atoms with Crippen LogP contribution in [0, 0.1) is 0 Å². The molecule has 1 amide bonds. The van der Waals surface area contributed by atoms with Crippen LogP contribution in [-0.4, -0.2) is 70.0 Å². The van der Waals surface area contributed by atoms with Crippen molar-refractivity contribution in [3.63, 3.8) is 0 Å². The van der Waals surface area contributed by atoms with E-state index in [4.69, 9.17) is 0 Å². The average molecular weight is 534 g/mol. The highest BCUT2D eigenvalue weighted by Crippen LogP contribution is 2.43. The molecule has 3 heterocycles. The Morgan fingerprint density at radius 2 is 1.84 bits per heavy atom. The summed E-state index contributed by atoms with van der Waals surface area (Å²) in [4.78, 5) is 26.7. The van der Waals surface area contributed by atoms with Crippen molar-refractivity contribution in [2.75, 3.05) is 31.1 Å². The molecule has 38 heavy (non-hydrogen) atoms. The van der Waals surface area contributed by atoms with Gasteiger partial charge in [-0.15, -0.1) is 13.2 Å². The van der Waals surface area contributed by atoms with Crippen molar-refractivity contribution in [3.8, 4) is 5.75 Å². The molecule has 0 radical (unpaired) electrons. The van der Waals surface area contributed by atoms with E-state index in [-0.39, 0.29) is 29.2 Å². The van der Waals surface area contributed by atoms with Gasteiger partial charge in [0.15, 0.2) is 0 Å². The zero-order valence-corrected chi connectivity index (χ0v) is 21.8. The third-order valence-corrected chi connectivity index (χ3v) is 7.97. The summed E-state index contributed by atoms with van der Waals surface area (Å²) in [5, 5.41) is 13.9. The van der Waals surface area contributed by atoms with Crippen LogP contribution >= 0.6 is 0 Å². The summed E-state index contributed by atoms with van der Waals surface area (Å²) in [6.45, 7) is 8.41. The number of hydrogen-bond acceptors (Lipinski definition) is 7. The Kier molecular flexibility index (Phi) is 7.02. The Balaban J connectivity index is 1.33. The lowest BCUT2D eigenvalue weighted by Crippen LogP contribution is -2.53. The van der Waals surface area contributed by atoms with E-state index in [0.29, 0.717) is 43.9 Å². The van der Waals surface area contributed by atoms with E-state index in [1.807, 2.05) is 4.90 Å². The van der Waals surface area contributed by atoms with Crippen molar-refractivity contribution in [3.05, 3.63) is 47.4 Å². The Hall–Kier alpha value is -2.92. The number of halogens is 3. The standard InChI is InChI=1S/C27H34F3N5O3/c1-16-14-20(36)23-21(16)24(32-15-31-23)34-10-12-35(13-11-34)25(37)22(19-8-9-26(2,3)33-19)17-4-6-18(7-5-17)38-27(28,29)30/h4-7,15-16,19-20,22,33,36H,8-14H2,1-3H3/t16-,19?,20-,22?/m1/s1. The quantitative estimate of drug-likeness (QED) is 0.603. The first kappa shape index (κ1) is 26.7. The van der Waals surface area contributed by atoms with Gasteiger partial charge in [-0.2, -0.15) is 0 Å². The third kappa shape index (κ3) is 5.44. The number of nitrogens with zero attached hydrogens (tertiary/aromatic N) is 4. The van der Waals surface area contributed by atoms with Crippen molar-refractivity contribution >= 4 is 11.7 Å². The summed E-state index contributed by atoms with van der Waals surface area (Å²) in [5.74, 6) is 0.101. The first-order valence-corrected chi connectivity index (χ1v) is 13.1. The minimum Gasteiger partial charge on any atom is -0.406 e. The highest BCUT2D eigenvalue weighted by atomic mass is 19.4. The average Bonchev–Trinajstić information content (AvgIpc) is 3.37. The maximum atomic E-state index is 13.9. The highest BCUT2D eigenvalue weighted by Gasteiger charge is 2.41. The molecule has 2 saturated heterocycles. The number of aromatic nitrogens is 2. The number of piperazine rings is 1. The number of anilines is 1. The maximum absolute atomic E-state index is 13.9. The molecule has 3 aliphatic rings. The van der Waals surface area contributed by atoms with Crippen molar-refractivity contribution in [2.45, 2.75) is 75.9 Å². The van der Waals surface area contributed by atoms with E-state index in [1.54, 1.807) is 12.1 Å². The number of carbonyl (C=O) groups excluding carboxylic acids is 1. The monoisotopic (exact) mass is 533 g/mol. The molecule has 0 spiro atoms. The van der Waals surface area contributed by atoms with E-state index in [2.05, 4.69) is 45.7 Å². The van der Waals surface area contributed by atoms with Crippen LogP contribution in [0.1, 0.15) is 74.8 Å². The summed E-state index contributed by atoms with van der Waals surface area (Å²) >= 11 is 0. The lowest BCUT2D eigenvalue weighted by molar-refractivity contribution is -0.274. The van der Waals surface area contributed by atoms with Crippen LogP contribution in [0.3, 0.4) is 0 Å². The van der Waals surface area contributed by atoms with Crippen molar-refractivity contribution in [2.24, 2.45) is 0 Å². The molecule has 1 aromatic carbocycles. The minimum absolute atomic E-state index is 0.0407. The largest absolute Gasteiger partial charge is 0.573 e. The summed E-state index contributed by atoms with van der Waals surface area (Å²) in [5.41, 5.74) is 2.21. The number of ether oxygens (including phenoxy) is 1. The number of rotatable bonds is 5. The van der Waals surface area contributed by atoms with Gasteiger partial charge in [-0.1, -0.05) is 19.1 Å². The molecular weight excluding hydrogens is 499 g/mol. The third-order valence-electron chi connectivity index (χ3n) is 7.97. The zero-order chi connectivity index (χ0) is 27.2. The molecule has 5 rings (SSSR count). The Morgan fingerprint density at radius 1 is 1.16 bits per heavy atom.